The van der Waals surface area contributed by atoms with Gasteiger partial charge in [0.1, 0.15) is 5.82 Å². The van der Waals surface area contributed by atoms with Crippen molar-refractivity contribution in [2.24, 2.45) is 7.05 Å². The lowest BCUT2D eigenvalue weighted by atomic mass is 10.00. The van der Waals surface area contributed by atoms with Crippen molar-refractivity contribution < 1.29 is 8.42 Å². The lowest BCUT2D eigenvalue weighted by Gasteiger charge is -2.26. The van der Waals surface area contributed by atoms with Crippen LogP contribution in [0.1, 0.15) is 30.1 Å². The summed E-state index contributed by atoms with van der Waals surface area (Å²) in [5.74, 6) is 1.17. The van der Waals surface area contributed by atoms with Crippen LogP contribution in [0.15, 0.2) is 36.4 Å². The molecule has 0 bridgehead atoms. The fourth-order valence-electron chi connectivity index (χ4n) is 3.89. The van der Waals surface area contributed by atoms with Crippen molar-refractivity contribution in [2.45, 2.75) is 25.4 Å². The largest absolute Gasteiger partial charge is 0.307 e. The smallest absolute Gasteiger partial charge is 0.198 e. The van der Waals surface area contributed by atoms with Gasteiger partial charge >= 0.3 is 0 Å². The molecule has 0 radical (unpaired) electrons. The van der Waals surface area contributed by atoms with Crippen molar-refractivity contribution in [1.29, 1.82) is 0 Å². The van der Waals surface area contributed by atoms with E-state index in [0.717, 1.165) is 25.3 Å². The molecule has 1 unspecified atom stereocenters. The summed E-state index contributed by atoms with van der Waals surface area (Å²) in [6.45, 7) is 2.44. The maximum atomic E-state index is 11.8. The fraction of sp³-hybridized carbons (Fsp3) is 0.474. The van der Waals surface area contributed by atoms with Crippen LogP contribution in [-0.4, -0.2) is 52.3 Å². The molecule has 0 aliphatic carbocycles. The second kappa shape index (κ2) is 7.33. The highest BCUT2D eigenvalue weighted by Gasteiger charge is 2.32. The zero-order valence-electron chi connectivity index (χ0n) is 15.4. The highest BCUT2D eigenvalue weighted by Crippen LogP contribution is 2.28. The minimum Gasteiger partial charge on any atom is -0.307 e. The van der Waals surface area contributed by atoms with Crippen LogP contribution in [0.4, 0.5) is 0 Å². The van der Waals surface area contributed by atoms with Crippen molar-refractivity contribution >= 4 is 27.6 Å². The second-order valence-corrected chi connectivity index (χ2v) is 9.96. The number of hydrogen-bond acceptors (Lipinski definition) is 5. The third-order valence-corrected chi connectivity index (χ3v) is 7.70. The number of hydrogen-bond donors (Lipinski definition) is 0. The third kappa shape index (κ3) is 3.93. The number of nitrogens with zero attached hydrogens (tertiary/aromatic N) is 4. The molecule has 1 aromatic heterocycles. The Morgan fingerprint density at radius 1 is 1.26 bits per heavy atom. The number of benzene rings is 1. The van der Waals surface area contributed by atoms with E-state index < -0.39 is 9.84 Å². The van der Waals surface area contributed by atoms with Gasteiger partial charge < -0.3 is 4.57 Å². The molecular weight excluding hydrogens is 380 g/mol. The minimum atomic E-state index is -2.94. The van der Waals surface area contributed by atoms with Crippen LogP contribution in [0.3, 0.4) is 0 Å². The van der Waals surface area contributed by atoms with Crippen molar-refractivity contribution in [2.75, 3.05) is 24.6 Å². The summed E-state index contributed by atoms with van der Waals surface area (Å²) >= 11 is 5.55. The third-order valence-electron chi connectivity index (χ3n) is 5.44. The molecule has 1 fully saturated rings. The predicted octanol–water partition coefficient (Wildman–Crippen LogP) is 2.60. The van der Waals surface area contributed by atoms with Crippen LogP contribution in [0, 0.1) is 4.77 Å². The zero-order chi connectivity index (χ0) is 19.0. The van der Waals surface area contributed by atoms with E-state index in [4.69, 9.17) is 12.2 Å². The topological polar surface area (TPSA) is 60.1 Å². The quantitative estimate of drug-likeness (QED) is 0.733. The first kappa shape index (κ1) is 18.6. The van der Waals surface area contributed by atoms with E-state index in [2.05, 4.69) is 40.3 Å². The number of aromatic nitrogens is 3. The number of rotatable bonds is 4. The van der Waals surface area contributed by atoms with Gasteiger partial charge in [-0.1, -0.05) is 36.4 Å². The summed E-state index contributed by atoms with van der Waals surface area (Å²) < 4.78 is 27.9. The van der Waals surface area contributed by atoms with E-state index in [1.54, 1.807) is 0 Å². The lowest BCUT2D eigenvalue weighted by Crippen LogP contribution is -2.31. The molecule has 2 aliphatic rings. The van der Waals surface area contributed by atoms with Gasteiger partial charge in [-0.15, -0.1) is 0 Å². The van der Waals surface area contributed by atoms with Crippen LogP contribution < -0.4 is 0 Å². The molecule has 0 amide bonds. The molecule has 4 rings (SSSR count). The summed E-state index contributed by atoms with van der Waals surface area (Å²) in [5, 5.41) is 4.68. The van der Waals surface area contributed by atoms with Crippen molar-refractivity contribution in [3.05, 3.63) is 52.6 Å². The molecule has 0 saturated carbocycles. The van der Waals surface area contributed by atoms with E-state index in [-0.39, 0.29) is 17.4 Å². The van der Waals surface area contributed by atoms with E-state index in [1.807, 2.05) is 22.4 Å². The Bertz CT molecular complexity index is 1020. The Morgan fingerprint density at radius 3 is 2.67 bits per heavy atom. The van der Waals surface area contributed by atoms with Gasteiger partial charge in [-0.2, -0.15) is 5.10 Å². The zero-order valence-corrected chi connectivity index (χ0v) is 17.0. The molecule has 2 aromatic rings. The van der Waals surface area contributed by atoms with Gasteiger partial charge in [0, 0.05) is 26.1 Å². The molecular formula is C19H24N4O2S2. The molecule has 8 heteroatoms. The van der Waals surface area contributed by atoms with Crippen molar-refractivity contribution in [3.8, 4) is 0 Å². The molecule has 27 heavy (non-hydrogen) atoms. The maximum Gasteiger partial charge on any atom is 0.198 e. The second-order valence-electron chi connectivity index (χ2n) is 7.36. The Hall–Kier alpha value is -1.77. The highest BCUT2D eigenvalue weighted by atomic mass is 32.2. The summed E-state index contributed by atoms with van der Waals surface area (Å²) in [7, 11) is -1.05. The Kier molecular flexibility index (Phi) is 5.05. The first-order valence-electron chi connectivity index (χ1n) is 9.24. The molecule has 144 valence electrons. The van der Waals surface area contributed by atoms with Gasteiger partial charge in [0.2, 0.25) is 0 Å². The first-order valence-corrected chi connectivity index (χ1v) is 11.5. The summed E-state index contributed by atoms with van der Waals surface area (Å²) in [6, 6.07) is 10.5. The van der Waals surface area contributed by atoms with Crippen molar-refractivity contribution in [3.63, 3.8) is 0 Å². The molecule has 1 aromatic carbocycles. The minimum absolute atomic E-state index is 0.0473. The summed E-state index contributed by atoms with van der Waals surface area (Å²) in [4.78, 5) is 2.31. The van der Waals surface area contributed by atoms with Crippen LogP contribution in [0.25, 0.3) is 5.57 Å². The molecule has 1 atom stereocenters. The Balaban J connectivity index is 1.47. The van der Waals surface area contributed by atoms with Crippen LogP contribution in [-0.2, 0) is 23.6 Å². The number of sulfone groups is 1. The first-order chi connectivity index (χ1) is 12.9. The monoisotopic (exact) mass is 404 g/mol. The van der Waals surface area contributed by atoms with Crippen LogP contribution in [0.2, 0.25) is 0 Å². The van der Waals surface area contributed by atoms with Crippen LogP contribution in [0.5, 0.6) is 0 Å². The van der Waals surface area contributed by atoms with Gasteiger partial charge in [-0.3, -0.25) is 4.90 Å². The standard InChI is InChI=1S/C19H24N4O2S2/c1-21-18(17-9-12-27(24,25)13-17)20-23(19(21)26)14-22-10-7-16(8-11-22)15-5-3-2-4-6-15/h2-7,17H,8-14H2,1H3. The molecule has 0 spiro atoms. The Labute approximate surface area is 165 Å². The summed E-state index contributed by atoms with van der Waals surface area (Å²) in [5.41, 5.74) is 2.67. The van der Waals surface area contributed by atoms with Gasteiger partial charge in [0.15, 0.2) is 14.6 Å². The van der Waals surface area contributed by atoms with Gasteiger partial charge in [0.05, 0.1) is 18.2 Å². The van der Waals surface area contributed by atoms with E-state index >= 15 is 0 Å². The van der Waals surface area contributed by atoms with E-state index in [0.29, 0.717) is 17.9 Å². The van der Waals surface area contributed by atoms with E-state index in [9.17, 15) is 8.42 Å². The highest BCUT2D eigenvalue weighted by molar-refractivity contribution is 7.91. The lowest BCUT2D eigenvalue weighted by molar-refractivity contribution is 0.225. The predicted molar refractivity (Wildman–Crippen MR) is 109 cm³/mol. The SMILES string of the molecule is Cn1c(C2CCS(=O)(=O)C2)nn(CN2CC=C(c3ccccc3)CC2)c1=S. The Morgan fingerprint density at radius 2 is 2.04 bits per heavy atom. The van der Waals surface area contributed by atoms with E-state index in [1.165, 1.54) is 11.1 Å². The van der Waals surface area contributed by atoms with Gasteiger partial charge in [0.25, 0.3) is 0 Å². The summed E-state index contributed by atoms with van der Waals surface area (Å²) in [6.07, 6.45) is 3.91. The van der Waals surface area contributed by atoms with Gasteiger partial charge in [-0.25, -0.2) is 13.1 Å². The average molecular weight is 405 g/mol. The molecule has 6 nitrogen and oxygen atoms in total. The molecule has 3 heterocycles. The average Bonchev–Trinajstić information content (AvgIpc) is 3.17. The fourth-order valence-corrected chi connectivity index (χ4v) is 5.83. The molecule has 0 N–H and O–H groups in total. The van der Waals surface area contributed by atoms with Crippen molar-refractivity contribution in [1.82, 2.24) is 19.2 Å². The molecule has 1 saturated heterocycles. The molecule has 2 aliphatic heterocycles. The van der Waals surface area contributed by atoms with Gasteiger partial charge in [-0.05, 0) is 36.2 Å². The maximum absolute atomic E-state index is 11.8. The normalized spacial score (nSPS) is 22.7. The van der Waals surface area contributed by atoms with Crippen LogP contribution >= 0.6 is 12.2 Å².